The van der Waals surface area contributed by atoms with Gasteiger partial charge >= 0.3 is 6.03 Å². The van der Waals surface area contributed by atoms with E-state index in [0.29, 0.717) is 10.8 Å². The van der Waals surface area contributed by atoms with Crippen molar-refractivity contribution in [2.75, 3.05) is 7.05 Å². The number of carbonyl (C=O) groups excluding carboxylic acids is 2. The number of fused-ring (bicyclic) bond motifs is 1. The van der Waals surface area contributed by atoms with Crippen molar-refractivity contribution < 1.29 is 14.0 Å². The maximum Gasteiger partial charge on any atom is 0.321 e. The van der Waals surface area contributed by atoms with Gasteiger partial charge in [0.2, 0.25) is 5.91 Å². The Kier molecular flexibility index (Phi) is 4.06. The molecule has 0 saturated carbocycles. The molecule has 2 aromatic rings. The number of urea groups is 1. The second-order valence-corrected chi connectivity index (χ2v) is 5.07. The number of oxazole rings is 1. The fourth-order valence-electron chi connectivity index (χ4n) is 1.38. The molecule has 1 heterocycles. The predicted molar refractivity (Wildman–Crippen MR) is 71.9 cm³/mol. The van der Waals surface area contributed by atoms with Gasteiger partial charge in [0.25, 0.3) is 5.22 Å². The van der Waals surface area contributed by atoms with Crippen molar-refractivity contribution in [1.29, 1.82) is 0 Å². The molecule has 19 heavy (non-hydrogen) atoms. The van der Waals surface area contributed by atoms with E-state index in [2.05, 4.69) is 15.6 Å². The Labute approximate surface area is 113 Å². The monoisotopic (exact) mass is 279 g/mol. The molecule has 1 unspecified atom stereocenters. The summed E-state index contributed by atoms with van der Waals surface area (Å²) in [5, 5.41) is 4.44. The minimum absolute atomic E-state index is 0.397. The SMILES string of the molecule is CNC(=O)NC(=O)C(C)Sc1nc2ccccc2o1. The number of amides is 3. The molecule has 0 bridgehead atoms. The maximum absolute atomic E-state index is 11.7. The third-order valence-electron chi connectivity index (χ3n) is 2.38. The number of thioether (sulfide) groups is 1. The Morgan fingerprint density at radius 1 is 1.37 bits per heavy atom. The summed E-state index contributed by atoms with van der Waals surface area (Å²) in [4.78, 5) is 26.9. The molecule has 1 atom stereocenters. The van der Waals surface area contributed by atoms with E-state index < -0.39 is 17.2 Å². The highest BCUT2D eigenvalue weighted by atomic mass is 32.2. The molecule has 0 aliphatic carbocycles. The molecule has 0 saturated heterocycles. The van der Waals surface area contributed by atoms with Crippen LogP contribution < -0.4 is 10.6 Å². The van der Waals surface area contributed by atoms with E-state index in [1.165, 1.54) is 7.05 Å². The van der Waals surface area contributed by atoms with E-state index in [1.807, 2.05) is 24.3 Å². The van der Waals surface area contributed by atoms with Gasteiger partial charge in [0, 0.05) is 7.05 Å². The summed E-state index contributed by atoms with van der Waals surface area (Å²) in [6, 6.07) is 6.82. The molecular weight excluding hydrogens is 266 g/mol. The van der Waals surface area contributed by atoms with Crippen LogP contribution in [0.4, 0.5) is 4.79 Å². The maximum atomic E-state index is 11.7. The first kappa shape index (κ1) is 13.4. The number of hydrogen-bond acceptors (Lipinski definition) is 5. The largest absolute Gasteiger partial charge is 0.431 e. The molecule has 7 heteroatoms. The summed E-state index contributed by atoms with van der Waals surface area (Å²) < 4.78 is 5.49. The van der Waals surface area contributed by atoms with Crippen molar-refractivity contribution in [3.63, 3.8) is 0 Å². The van der Waals surface area contributed by atoms with Crippen LogP contribution in [0, 0.1) is 0 Å². The predicted octanol–water partition coefficient (Wildman–Crippen LogP) is 1.76. The van der Waals surface area contributed by atoms with Gasteiger partial charge < -0.3 is 9.73 Å². The molecule has 0 aliphatic rings. The summed E-state index contributed by atoms with van der Waals surface area (Å²) in [6.45, 7) is 1.68. The van der Waals surface area contributed by atoms with Crippen molar-refractivity contribution in [1.82, 2.24) is 15.6 Å². The Morgan fingerprint density at radius 3 is 2.79 bits per heavy atom. The molecule has 1 aromatic heterocycles. The lowest BCUT2D eigenvalue weighted by molar-refractivity contribution is -0.119. The van der Waals surface area contributed by atoms with E-state index in [-0.39, 0.29) is 0 Å². The zero-order valence-corrected chi connectivity index (χ0v) is 11.3. The van der Waals surface area contributed by atoms with Crippen molar-refractivity contribution in [2.24, 2.45) is 0 Å². The van der Waals surface area contributed by atoms with Gasteiger partial charge in [0.1, 0.15) is 5.52 Å². The van der Waals surface area contributed by atoms with Gasteiger partial charge in [0.05, 0.1) is 5.25 Å². The van der Waals surface area contributed by atoms with Crippen LogP contribution in [0.5, 0.6) is 0 Å². The highest BCUT2D eigenvalue weighted by Crippen LogP contribution is 2.26. The molecule has 0 aliphatic heterocycles. The Balaban J connectivity index is 2.03. The van der Waals surface area contributed by atoms with Crippen LogP contribution in [0.15, 0.2) is 33.9 Å². The summed E-state index contributed by atoms with van der Waals surface area (Å²) in [5.74, 6) is -0.397. The number of para-hydroxylation sites is 2. The summed E-state index contributed by atoms with van der Waals surface area (Å²) >= 11 is 1.16. The molecule has 1 aromatic carbocycles. The average Bonchev–Trinajstić information content (AvgIpc) is 2.80. The van der Waals surface area contributed by atoms with Crippen molar-refractivity contribution in [3.8, 4) is 0 Å². The lowest BCUT2D eigenvalue weighted by Crippen LogP contribution is -2.41. The van der Waals surface area contributed by atoms with Gasteiger partial charge in [-0.1, -0.05) is 23.9 Å². The van der Waals surface area contributed by atoms with Crippen LogP contribution in [0.2, 0.25) is 0 Å². The van der Waals surface area contributed by atoms with Crippen LogP contribution in [0.3, 0.4) is 0 Å². The van der Waals surface area contributed by atoms with Gasteiger partial charge in [0.15, 0.2) is 5.58 Å². The lowest BCUT2D eigenvalue weighted by atomic mass is 10.3. The lowest BCUT2D eigenvalue weighted by Gasteiger charge is -2.08. The van der Waals surface area contributed by atoms with Crippen LogP contribution in [0.25, 0.3) is 11.1 Å². The quantitative estimate of drug-likeness (QED) is 0.836. The summed E-state index contributed by atoms with van der Waals surface area (Å²) in [6.07, 6.45) is 0. The van der Waals surface area contributed by atoms with Crippen molar-refractivity contribution in [2.45, 2.75) is 17.4 Å². The first-order chi connectivity index (χ1) is 9.10. The van der Waals surface area contributed by atoms with Crippen molar-refractivity contribution in [3.05, 3.63) is 24.3 Å². The van der Waals surface area contributed by atoms with Gasteiger partial charge in [-0.05, 0) is 19.1 Å². The minimum Gasteiger partial charge on any atom is -0.431 e. The molecule has 100 valence electrons. The molecule has 0 fully saturated rings. The van der Waals surface area contributed by atoms with Crippen LogP contribution in [0.1, 0.15) is 6.92 Å². The zero-order chi connectivity index (χ0) is 13.8. The number of benzene rings is 1. The standard InChI is InChI=1S/C12H13N3O3S/c1-7(10(16)15-11(17)13-2)19-12-14-8-5-3-4-6-9(8)18-12/h3-7H,1-2H3,(H2,13,15,16,17). The average molecular weight is 279 g/mol. The number of nitrogens with zero attached hydrogens (tertiary/aromatic N) is 1. The van der Waals surface area contributed by atoms with Crippen molar-refractivity contribution >= 4 is 34.8 Å². The topological polar surface area (TPSA) is 84.2 Å². The minimum atomic E-state index is -0.532. The fraction of sp³-hybridized carbons (Fsp3) is 0.250. The first-order valence-corrected chi connectivity index (χ1v) is 6.53. The van der Waals surface area contributed by atoms with Crippen LogP contribution in [-0.4, -0.2) is 29.2 Å². The van der Waals surface area contributed by atoms with Gasteiger partial charge in [-0.15, -0.1) is 0 Å². The van der Waals surface area contributed by atoms with Crippen LogP contribution >= 0.6 is 11.8 Å². The molecular formula is C12H13N3O3S. The summed E-state index contributed by atoms with van der Waals surface area (Å²) in [7, 11) is 1.45. The van der Waals surface area contributed by atoms with E-state index >= 15 is 0 Å². The number of nitrogens with one attached hydrogen (secondary N) is 2. The van der Waals surface area contributed by atoms with E-state index in [0.717, 1.165) is 17.3 Å². The van der Waals surface area contributed by atoms with E-state index in [1.54, 1.807) is 6.92 Å². The number of carbonyl (C=O) groups is 2. The molecule has 3 amide bonds. The number of imide groups is 1. The van der Waals surface area contributed by atoms with E-state index in [4.69, 9.17) is 4.42 Å². The highest BCUT2D eigenvalue weighted by molar-refractivity contribution is 8.00. The summed E-state index contributed by atoms with van der Waals surface area (Å²) in [5.41, 5.74) is 1.41. The fourth-order valence-corrected chi connectivity index (χ4v) is 2.14. The van der Waals surface area contributed by atoms with Gasteiger partial charge in [-0.3, -0.25) is 10.1 Å². The second-order valence-electron chi connectivity index (χ2n) is 3.78. The molecule has 0 spiro atoms. The van der Waals surface area contributed by atoms with E-state index in [9.17, 15) is 9.59 Å². The number of rotatable bonds is 3. The highest BCUT2D eigenvalue weighted by Gasteiger charge is 2.19. The third-order valence-corrected chi connectivity index (χ3v) is 3.33. The first-order valence-electron chi connectivity index (χ1n) is 5.65. The smallest absolute Gasteiger partial charge is 0.321 e. The van der Waals surface area contributed by atoms with Crippen LogP contribution in [-0.2, 0) is 4.79 Å². The molecule has 0 radical (unpaired) electrons. The molecule has 2 N–H and O–H groups in total. The second kappa shape index (κ2) is 5.75. The van der Waals surface area contributed by atoms with Gasteiger partial charge in [-0.25, -0.2) is 9.78 Å². The zero-order valence-electron chi connectivity index (χ0n) is 10.5. The third kappa shape index (κ3) is 3.25. The van der Waals surface area contributed by atoms with Gasteiger partial charge in [-0.2, -0.15) is 0 Å². The molecule has 2 rings (SSSR count). The normalized spacial score (nSPS) is 12.1. The Hall–Kier alpha value is -2.02. The number of hydrogen-bond donors (Lipinski definition) is 2. The number of aromatic nitrogens is 1. The molecule has 6 nitrogen and oxygen atoms in total. The Morgan fingerprint density at radius 2 is 2.11 bits per heavy atom. The Bertz CT molecular complexity index is 578.